The first kappa shape index (κ1) is 15.6. The van der Waals surface area contributed by atoms with Gasteiger partial charge in [0.25, 0.3) is 0 Å². The van der Waals surface area contributed by atoms with Crippen molar-refractivity contribution < 1.29 is 4.74 Å². The Bertz CT molecular complexity index is 658. The number of ether oxygens (including phenoxy) is 1. The molecule has 0 unspecified atom stereocenters. The lowest BCUT2D eigenvalue weighted by atomic mass is 10.2. The Morgan fingerprint density at radius 2 is 2.14 bits per heavy atom. The maximum atomic E-state index is 5.56. The first-order valence-electron chi connectivity index (χ1n) is 6.64. The van der Waals surface area contributed by atoms with Crippen LogP contribution in [0.3, 0.4) is 0 Å². The second-order valence-electron chi connectivity index (χ2n) is 4.76. The third kappa shape index (κ3) is 4.35. The minimum Gasteiger partial charge on any atom is -0.481 e. The van der Waals surface area contributed by atoms with E-state index in [1.54, 1.807) is 0 Å². The normalized spacial score (nSPS) is 10.4. The van der Waals surface area contributed by atoms with Gasteiger partial charge < -0.3 is 10.1 Å². The molecule has 5 heteroatoms. The molecule has 0 saturated carbocycles. The maximum Gasteiger partial charge on any atom is 0.148 e. The van der Waals surface area contributed by atoms with Crippen molar-refractivity contribution in [2.45, 2.75) is 20.0 Å². The van der Waals surface area contributed by atoms with E-state index < -0.39 is 0 Å². The summed E-state index contributed by atoms with van der Waals surface area (Å²) in [5.74, 6) is 3.30. The minimum absolute atomic E-state index is 0.274. The topological polar surface area (TPSA) is 39.1 Å². The molecule has 0 aliphatic carbocycles. The predicted molar refractivity (Wildman–Crippen MR) is 87.0 cm³/mol. The standard InChI is InChI=1S/C16H18BrN3O/c1-4-7-21-16-6-5-15(17)8-13(16)9-18-10-14-11-20(3)19-12(14)2/h1,5-6,8,11,18H,7,9-10H2,2-3H3. The molecular weight excluding hydrogens is 330 g/mol. The molecule has 2 aromatic rings. The highest BCUT2D eigenvalue weighted by atomic mass is 79.9. The number of rotatable bonds is 6. The van der Waals surface area contributed by atoms with E-state index in [0.29, 0.717) is 6.54 Å². The van der Waals surface area contributed by atoms with Crippen LogP contribution in [0.15, 0.2) is 28.9 Å². The molecule has 1 aromatic heterocycles. The molecule has 0 aliphatic heterocycles. The van der Waals surface area contributed by atoms with E-state index in [-0.39, 0.29) is 6.61 Å². The van der Waals surface area contributed by atoms with Crippen LogP contribution in [0, 0.1) is 19.3 Å². The molecule has 0 bridgehead atoms. The number of terminal acetylenes is 1. The number of aryl methyl sites for hydroxylation is 2. The maximum absolute atomic E-state index is 5.56. The molecular formula is C16H18BrN3O. The third-order valence-electron chi connectivity index (χ3n) is 3.08. The number of hydrogen-bond donors (Lipinski definition) is 1. The highest BCUT2D eigenvalue weighted by molar-refractivity contribution is 9.10. The summed E-state index contributed by atoms with van der Waals surface area (Å²) >= 11 is 3.48. The molecule has 4 nitrogen and oxygen atoms in total. The summed E-state index contributed by atoms with van der Waals surface area (Å²) < 4.78 is 8.40. The van der Waals surface area contributed by atoms with Crippen LogP contribution in [0.2, 0.25) is 0 Å². The molecule has 21 heavy (non-hydrogen) atoms. The highest BCUT2D eigenvalue weighted by Gasteiger charge is 2.06. The molecule has 0 amide bonds. The summed E-state index contributed by atoms with van der Waals surface area (Å²) in [6, 6.07) is 5.91. The van der Waals surface area contributed by atoms with Crippen LogP contribution in [0.4, 0.5) is 0 Å². The molecule has 0 fully saturated rings. The van der Waals surface area contributed by atoms with Gasteiger partial charge in [0.15, 0.2) is 0 Å². The van der Waals surface area contributed by atoms with Crippen LogP contribution in [-0.4, -0.2) is 16.4 Å². The van der Waals surface area contributed by atoms with Crippen LogP contribution < -0.4 is 10.1 Å². The van der Waals surface area contributed by atoms with Crippen LogP contribution in [0.25, 0.3) is 0 Å². The zero-order chi connectivity index (χ0) is 15.2. The lowest BCUT2D eigenvalue weighted by Gasteiger charge is -2.11. The summed E-state index contributed by atoms with van der Waals surface area (Å²) in [6.07, 6.45) is 7.27. The number of nitrogens with one attached hydrogen (secondary N) is 1. The number of nitrogens with zero attached hydrogens (tertiary/aromatic N) is 2. The van der Waals surface area contributed by atoms with E-state index >= 15 is 0 Å². The largest absolute Gasteiger partial charge is 0.481 e. The number of aromatic nitrogens is 2. The number of hydrogen-bond acceptors (Lipinski definition) is 3. The zero-order valence-corrected chi connectivity index (χ0v) is 13.8. The molecule has 1 aromatic carbocycles. The summed E-state index contributed by atoms with van der Waals surface area (Å²) in [6.45, 7) is 3.75. The van der Waals surface area contributed by atoms with E-state index in [4.69, 9.17) is 11.2 Å². The molecule has 0 spiro atoms. The molecule has 1 heterocycles. The smallest absolute Gasteiger partial charge is 0.148 e. The van der Waals surface area contributed by atoms with Gasteiger partial charge in [0.1, 0.15) is 12.4 Å². The van der Waals surface area contributed by atoms with E-state index in [2.05, 4.69) is 32.3 Å². The first-order valence-corrected chi connectivity index (χ1v) is 7.44. The van der Waals surface area contributed by atoms with Crippen LogP contribution >= 0.6 is 15.9 Å². The van der Waals surface area contributed by atoms with Gasteiger partial charge in [-0.05, 0) is 25.1 Å². The fourth-order valence-electron chi connectivity index (χ4n) is 2.10. The summed E-state index contributed by atoms with van der Waals surface area (Å²) in [7, 11) is 1.93. The fourth-order valence-corrected chi connectivity index (χ4v) is 2.51. The van der Waals surface area contributed by atoms with E-state index in [9.17, 15) is 0 Å². The van der Waals surface area contributed by atoms with E-state index in [1.807, 2.05) is 43.0 Å². The molecule has 2 rings (SSSR count). The Hall–Kier alpha value is -1.77. The second kappa shape index (κ2) is 7.30. The van der Waals surface area contributed by atoms with Gasteiger partial charge in [-0.3, -0.25) is 4.68 Å². The number of halogens is 1. The van der Waals surface area contributed by atoms with Crippen molar-refractivity contribution >= 4 is 15.9 Å². The zero-order valence-electron chi connectivity index (χ0n) is 12.2. The quantitative estimate of drug-likeness (QED) is 0.816. The predicted octanol–water partition coefficient (Wildman–Crippen LogP) is 2.79. The van der Waals surface area contributed by atoms with Gasteiger partial charge in [0.05, 0.1) is 5.69 Å². The SMILES string of the molecule is C#CCOc1ccc(Br)cc1CNCc1cn(C)nc1C. The van der Waals surface area contributed by atoms with Crippen molar-refractivity contribution in [3.63, 3.8) is 0 Å². The molecule has 110 valence electrons. The minimum atomic E-state index is 0.274. The van der Waals surface area contributed by atoms with Crippen molar-refractivity contribution in [3.8, 4) is 18.1 Å². The van der Waals surface area contributed by atoms with Gasteiger partial charge in [-0.25, -0.2) is 0 Å². The van der Waals surface area contributed by atoms with Gasteiger partial charge in [0, 0.05) is 41.9 Å². The number of benzene rings is 1. The van der Waals surface area contributed by atoms with Crippen molar-refractivity contribution in [1.82, 2.24) is 15.1 Å². The van der Waals surface area contributed by atoms with E-state index in [1.165, 1.54) is 5.56 Å². The Labute approximate surface area is 133 Å². The molecule has 0 aliphatic rings. The fraction of sp³-hybridized carbons (Fsp3) is 0.312. The summed E-state index contributed by atoms with van der Waals surface area (Å²) in [5.41, 5.74) is 3.31. The first-order chi connectivity index (χ1) is 10.1. The molecule has 1 N–H and O–H groups in total. The summed E-state index contributed by atoms with van der Waals surface area (Å²) in [4.78, 5) is 0. The highest BCUT2D eigenvalue weighted by Crippen LogP contribution is 2.23. The Morgan fingerprint density at radius 1 is 1.38 bits per heavy atom. The average molecular weight is 348 g/mol. The second-order valence-corrected chi connectivity index (χ2v) is 5.68. The molecule has 0 atom stereocenters. The van der Waals surface area contributed by atoms with Gasteiger partial charge in [0.2, 0.25) is 0 Å². The van der Waals surface area contributed by atoms with Crippen molar-refractivity contribution in [2.75, 3.05) is 6.61 Å². The monoisotopic (exact) mass is 347 g/mol. The lowest BCUT2D eigenvalue weighted by Crippen LogP contribution is -2.14. The van der Waals surface area contributed by atoms with Gasteiger partial charge in [-0.2, -0.15) is 5.10 Å². The Morgan fingerprint density at radius 3 is 2.81 bits per heavy atom. The van der Waals surface area contributed by atoms with Crippen molar-refractivity contribution in [2.24, 2.45) is 7.05 Å². The average Bonchev–Trinajstić information content (AvgIpc) is 2.76. The Balaban J connectivity index is 2.00. The van der Waals surface area contributed by atoms with Gasteiger partial charge >= 0.3 is 0 Å². The van der Waals surface area contributed by atoms with Crippen molar-refractivity contribution in [1.29, 1.82) is 0 Å². The van der Waals surface area contributed by atoms with Crippen LogP contribution in [0.1, 0.15) is 16.8 Å². The van der Waals surface area contributed by atoms with Crippen LogP contribution in [-0.2, 0) is 20.1 Å². The van der Waals surface area contributed by atoms with Gasteiger partial charge in [-0.1, -0.05) is 21.9 Å². The van der Waals surface area contributed by atoms with Crippen LogP contribution in [0.5, 0.6) is 5.75 Å². The van der Waals surface area contributed by atoms with E-state index in [0.717, 1.165) is 28.0 Å². The lowest BCUT2D eigenvalue weighted by molar-refractivity contribution is 0.364. The molecule has 0 saturated heterocycles. The molecule has 0 radical (unpaired) electrons. The summed E-state index contributed by atoms with van der Waals surface area (Å²) in [5, 5.41) is 7.74. The van der Waals surface area contributed by atoms with Crippen molar-refractivity contribution in [3.05, 3.63) is 45.7 Å². The van der Waals surface area contributed by atoms with Gasteiger partial charge in [-0.15, -0.1) is 6.42 Å². The third-order valence-corrected chi connectivity index (χ3v) is 3.57. The Kier molecular flexibility index (Phi) is 5.43.